The molecule has 2 saturated heterocycles. The van der Waals surface area contributed by atoms with E-state index in [0.717, 1.165) is 0 Å². The van der Waals surface area contributed by atoms with Gasteiger partial charge in [0.2, 0.25) is 0 Å². The summed E-state index contributed by atoms with van der Waals surface area (Å²) in [5, 5.41) is 7.06. The van der Waals surface area contributed by atoms with Crippen molar-refractivity contribution in [2.45, 2.75) is 77.7 Å². The number of nitrogens with one attached hydrogen (secondary N) is 2. The Bertz CT molecular complexity index is 290. The molecule has 2 heterocycles. The molecule has 0 aromatic carbocycles. The van der Waals surface area contributed by atoms with Gasteiger partial charge in [0.25, 0.3) is 0 Å². The monoisotopic (exact) mass is 252 g/mol. The second-order valence-corrected chi connectivity index (χ2v) is 7.64. The van der Waals surface area contributed by atoms with Crippen molar-refractivity contribution in [3.8, 4) is 0 Å². The average Bonchev–Trinajstić information content (AvgIpc) is 2.45. The van der Waals surface area contributed by atoms with E-state index >= 15 is 0 Å². The second kappa shape index (κ2) is 3.75. The Balaban J connectivity index is 2.14. The summed E-state index contributed by atoms with van der Waals surface area (Å²) in [5.41, 5.74) is -0.557. The van der Waals surface area contributed by atoms with Crippen molar-refractivity contribution < 1.29 is 9.31 Å². The van der Waals surface area contributed by atoms with Gasteiger partial charge in [0.1, 0.15) is 0 Å². The SMILES string of the molecule is CC1(C)NB(B2NC(C)(C)C(C)(C)O2)OC1(C)C. The number of hydrogen-bond donors (Lipinski definition) is 2. The molecule has 0 saturated carbocycles. The van der Waals surface area contributed by atoms with Gasteiger partial charge in [0, 0.05) is 11.1 Å². The summed E-state index contributed by atoms with van der Waals surface area (Å²) in [6.07, 6.45) is 0. The van der Waals surface area contributed by atoms with Gasteiger partial charge in [0.15, 0.2) is 0 Å². The third kappa shape index (κ3) is 2.03. The van der Waals surface area contributed by atoms with Crippen LogP contribution in [0.2, 0.25) is 0 Å². The van der Waals surface area contributed by atoms with Crippen molar-refractivity contribution in [2.24, 2.45) is 0 Å². The Morgan fingerprint density at radius 1 is 0.611 bits per heavy atom. The Morgan fingerprint density at radius 3 is 1.06 bits per heavy atom. The largest absolute Gasteiger partial charge is 0.417 e. The highest BCUT2D eigenvalue weighted by molar-refractivity contribution is 7.15. The van der Waals surface area contributed by atoms with Crippen LogP contribution in [0.15, 0.2) is 0 Å². The Kier molecular flexibility index (Phi) is 3.00. The summed E-state index contributed by atoms with van der Waals surface area (Å²) >= 11 is 0. The van der Waals surface area contributed by atoms with E-state index in [2.05, 4.69) is 65.8 Å². The molecule has 6 heteroatoms. The predicted octanol–water partition coefficient (Wildman–Crippen LogP) is 1.40. The van der Waals surface area contributed by atoms with Gasteiger partial charge >= 0.3 is 13.9 Å². The van der Waals surface area contributed by atoms with Crippen LogP contribution in [-0.4, -0.2) is 36.2 Å². The molecule has 0 atom stereocenters. The highest BCUT2D eigenvalue weighted by Gasteiger charge is 2.60. The van der Waals surface area contributed by atoms with Crippen LogP contribution in [0.1, 0.15) is 55.4 Å². The van der Waals surface area contributed by atoms with Crippen molar-refractivity contribution in [3.63, 3.8) is 0 Å². The average molecular weight is 252 g/mol. The van der Waals surface area contributed by atoms with Crippen LogP contribution in [-0.2, 0) is 9.31 Å². The molecule has 0 radical (unpaired) electrons. The zero-order valence-corrected chi connectivity index (χ0v) is 13.0. The molecule has 0 bridgehead atoms. The molecule has 0 amide bonds. The summed E-state index contributed by atoms with van der Waals surface area (Å²) in [4.78, 5) is 0. The lowest BCUT2D eigenvalue weighted by molar-refractivity contribution is 0.0674. The van der Waals surface area contributed by atoms with Gasteiger partial charge in [-0.1, -0.05) is 0 Å². The van der Waals surface area contributed by atoms with Crippen molar-refractivity contribution in [2.75, 3.05) is 0 Å². The van der Waals surface area contributed by atoms with Gasteiger partial charge in [-0.15, -0.1) is 0 Å². The molecule has 0 spiro atoms. The van der Waals surface area contributed by atoms with Crippen molar-refractivity contribution in [1.29, 1.82) is 0 Å². The van der Waals surface area contributed by atoms with Crippen LogP contribution in [0.3, 0.4) is 0 Å². The number of rotatable bonds is 1. The van der Waals surface area contributed by atoms with Crippen molar-refractivity contribution >= 4 is 13.9 Å². The molecule has 4 nitrogen and oxygen atoms in total. The molecule has 2 aliphatic rings. The lowest BCUT2D eigenvalue weighted by atomic mass is 9.41. The van der Waals surface area contributed by atoms with Crippen LogP contribution in [0.25, 0.3) is 0 Å². The highest BCUT2D eigenvalue weighted by Crippen LogP contribution is 2.36. The quantitative estimate of drug-likeness (QED) is 0.692. The van der Waals surface area contributed by atoms with Crippen LogP contribution < -0.4 is 10.5 Å². The van der Waals surface area contributed by atoms with Crippen LogP contribution in [0.5, 0.6) is 0 Å². The Morgan fingerprint density at radius 2 is 0.889 bits per heavy atom. The molecule has 0 aromatic heterocycles. The van der Waals surface area contributed by atoms with Gasteiger partial charge in [-0.05, 0) is 55.4 Å². The lowest BCUT2D eigenvalue weighted by Gasteiger charge is -2.33. The van der Waals surface area contributed by atoms with Gasteiger partial charge < -0.3 is 19.8 Å². The minimum atomic E-state index is -0.209. The molecule has 2 N–H and O–H groups in total. The molecule has 0 unspecified atom stereocenters. The van der Waals surface area contributed by atoms with Crippen LogP contribution in [0, 0.1) is 0 Å². The van der Waals surface area contributed by atoms with E-state index in [9.17, 15) is 0 Å². The zero-order valence-electron chi connectivity index (χ0n) is 13.0. The fourth-order valence-corrected chi connectivity index (χ4v) is 2.32. The molecular weight excluding hydrogens is 226 g/mol. The predicted molar refractivity (Wildman–Crippen MR) is 76.3 cm³/mol. The number of hydrogen-bond acceptors (Lipinski definition) is 4. The van der Waals surface area contributed by atoms with E-state index < -0.39 is 0 Å². The fourth-order valence-electron chi connectivity index (χ4n) is 2.32. The van der Waals surface area contributed by atoms with E-state index in [-0.39, 0.29) is 36.2 Å². The third-order valence-electron chi connectivity index (χ3n) is 5.13. The fraction of sp³-hybridized carbons (Fsp3) is 1.00. The zero-order chi connectivity index (χ0) is 14.0. The van der Waals surface area contributed by atoms with E-state index in [0.29, 0.717) is 0 Å². The maximum Gasteiger partial charge on any atom is 0.396 e. The summed E-state index contributed by atoms with van der Waals surface area (Å²) in [7, 11) is 0. The first-order valence-electron chi connectivity index (χ1n) is 6.79. The first kappa shape index (κ1) is 14.4. The van der Waals surface area contributed by atoms with Crippen LogP contribution in [0.4, 0.5) is 0 Å². The van der Waals surface area contributed by atoms with E-state index in [4.69, 9.17) is 9.31 Å². The lowest BCUT2D eigenvalue weighted by Crippen LogP contribution is -2.58. The maximum absolute atomic E-state index is 6.14. The summed E-state index contributed by atoms with van der Waals surface area (Å²) in [6, 6.07) is 0. The Hall–Kier alpha value is -0.0301. The van der Waals surface area contributed by atoms with Crippen molar-refractivity contribution in [1.82, 2.24) is 10.5 Å². The molecule has 2 aliphatic heterocycles. The third-order valence-corrected chi connectivity index (χ3v) is 5.13. The molecule has 18 heavy (non-hydrogen) atoms. The Labute approximate surface area is 112 Å². The summed E-state index contributed by atoms with van der Waals surface area (Å²) < 4.78 is 12.3. The molecular formula is C12H26B2N2O2. The standard InChI is InChI=1S/C12H26B2N2O2/c1-9(2)11(5,6)17-13(15-9)14-16-10(3,4)12(7,8)18-14/h15-16H,1-8H3. The highest BCUT2D eigenvalue weighted by atomic mass is 16.5. The van der Waals surface area contributed by atoms with Gasteiger partial charge in [-0.2, -0.15) is 0 Å². The van der Waals surface area contributed by atoms with E-state index in [1.807, 2.05) is 0 Å². The second-order valence-electron chi connectivity index (χ2n) is 7.64. The summed E-state index contributed by atoms with van der Waals surface area (Å²) in [6.45, 7) is 16.9. The topological polar surface area (TPSA) is 42.5 Å². The molecule has 2 fully saturated rings. The van der Waals surface area contributed by atoms with Gasteiger partial charge in [-0.25, -0.2) is 0 Å². The van der Waals surface area contributed by atoms with E-state index in [1.165, 1.54) is 0 Å². The smallest absolute Gasteiger partial charge is 0.396 e. The van der Waals surface area contributed by atoms with E-state index in [1.54, 1.807) is 0 Å². The molecule has 102 valence electrons. The summed E-state index contributed by atoms with van der Waals surface area (Å²) in [5.74, 6) is 0. The normalized spacial score (nSPS) is 32.0. The molecule has 0 aliphatic carbocycles. The first-order chi connectivity index (χ1) is 7.88. The van der Waals surface area contributed by atoms with Crippen molar-refractivity contribution in [3.05, 3.63) is 0 Å². The minimum absolute atomic E-state index is 0.0699. The first-order valence-corrected chi connectivity index (χ1v) is 6.79. The maximum atomic E-state index is 6.14. The minimum Gasteiger partial charge on any atom is -0.417 e. The van der Waals surface area contributed by atoms with Gasteiger partial charge in [-0.3, -0.25) is 0 Å². The van der Waals surface area contributed by atoms with Gasteiger partial charge in [0.05, 0.1) is 11.2 Å². The molecule has 2 rings (SSSR count). The van der Waals surface area contributed by atoms with Crippen LogP contribution >= 0.6 is 0 Å². The molecule has 0 aromatic rings.